The average Bonchev–Trinajstić information content (AvgIpc) is 3.03. The molecule has 43 heavy (non-hydrogen) atoms. The first-order valence-corrected chi connectivity index (χ1v) is 14.5. The average molecular weight is 590 g/mol. The Hall–Kier alpha value is -4.25. The molecule has 3 aromatic carbocycles. The quantitative estimate of drug-likeness (QED) is 0.176. The van der Waals surface area contributed by atoms with Gasteiger partial charge in [0.1, 0.15) is 17.2 Å². The van der Waals surface area contributed by atoms with Crippen LogP contribution in [-0.2, 0) is 27.2 Å². The van der Waals surface area contributed by atoms with E-state index in [1.807, 2.05) is 78.9 Å². The second-order valence-corrected chi connectivity index (χ2v) is 10.2. The summed E-state index contributed by atoms with van der Waals surface area (Å²) in [6.07, 6.45) is 1.37. The standard InChI is InChI=1S/C33H43N5O5/c1-42-26-13-15-27(16-14-26)43-31-10-6-5-9-25(31)12-18-30(39)29(17-11-24-7-3-2-4-8-24)37-33(41)28(36)23-32(40)38(21-19-34)22-20-35/h2-10,13-16,28-29H,11-12,17-23,34-36H2,1H3,(H,37,41)/t28-,29-/m0/s1. The van der Waals surface area contributed by atoms with Crippen LogP contribution >= 0.6 is 0 Å². The number of hydrogen-bond donors (Lipinski definition) is 4. The number of methoxy groups -OCH3 is 1. The van der Waals surface area contributed by atoms with Gasteiger partial charge in [-0.15, -0.1) is 0 Å². The zero-order chi connectivity index (χ0) is 31.0. The number of nitrogens with one attached hydrogen (secondary N) is 1. The van der Waals surface area contributed by atoms with E-state index >= 15 is 0 Å². The highest BCUT2D eigenvalue weighted by molar-refractivity contribution is 5.93. The largest absolute Gasteiger partial charge is 0.497 e. The number of ether oxygens (including phenoxy) is 2. The third kappa shape index (κ3) is 10.8. The molecule has 0 aromatic heterocycles. The molecule has 7 N–H and O–H groups in total. The molecule has 3 rings (SSSR count). The SMILES string of the molecule is COc1ccc(Oc2ccccc2CCC(=O)[C@H](CCc2ccccc2)NC(=O)[C@@H](N)CC(=O)N(CCN)CCN)cc1. The lowest BCUT2D eigenvalue weighted by molar-refractivity contribution is -0.135. The topological polar surface area (TPSA) is 163 Å². The maximum Gasteiger partial charge on any atom is 0.238 e. The van der Waals surface area contributed by atoms with Crippen LogP contribution in [0.1, 0.15) is 30.4 Å². The number of hydrogen-bond acceptors (Lipinski definition) is 8. The first-order valence-electron chi connectivity index (χ1n) is 14.5. The van der Waals surface area contributed by atoms with Gasteiger partial charge in [-0.2, -0.15) is 0 Å². The molecule has 2 atom stereocenters. The fraction of sp³-hybridized carbons (Fsp3) is 0.364. The van der Waals surface area contributed by atoms with Gasteiger partial charge in [0.15, 0.2) is 5.78 Å². The molecule has 10 nitrogen and oxygen atoms in total. The molecule has 0 aliphatic heterocycles. The highest BCUT2D eigenvalue weighted by Crippen LogP contribution is 2.28. The van der Waals surface area contributed by atoms with E-state index in [-0.39, 0.29) is 37.6 Å². The fourth-order valence-corrected chi connectivity index (χ4v) is 4.64. The normalized spacial score (nSPS) is 12.2. The summed E-state index contributed by atoms with van der Waals surface area (Å²) in [4.78, 5) is 40.8. The number of ketones is 1. The Bertz CT molecular complexity index is 1300. The van der Waals surface area contributed by atoms with Crippen molar-refractivity contribution in [3.05, 3.63) is 90.0 Å². The summed E-state index contributed by atoms with van der Waals surface area (Å²) in [5.74, 6) is 1.03. The summed E-state index contributed by atoms with van der Waals surface area (Å²) in [7, 11) is 1.60. The maximum absolute atomic E-state index is 13.5. The molecular weight excluding hydrogens is 546 g/mol. The van der Waals surface area contributed by atoms with Gasteiger partial charge < -0.3 is 36.9 Å². The number of nitrogens with two attached hydrogens (primary N) is 3. The molecule has 0 aliphatic carbocycles. The Morgan fingerprint density at radius 3 is 2.12 bits per heavy atom. The summed E-state index contributed by atoms with van der Waals surface area (Å²) in [5.41, 5.74) is 19.2. The highest BCUT2D eigenvalue weighted by Gasteiger charge is 2.26. The van der Waals surface area contributed by atoms with Crippen molar-refractivity contribution in [3.8, 4) is 17.2 Å². The number of carbonyl (C=O) groups excluding carboxylic acids is 3. The molecule has 0 spiro atoms. The Kier molecular flexibility index (Phi) is 13.6. The summed E-state index contributed by atoms with van der Waals surface area (Å²) in [5, 5.41) is 2.82. The number of nitrogens with zero attached hydrogens (tertiary/aromatic N) is 1. The van der Waals surface area contributed by atoms with Crippen molar-refractivity contribution in [3.63, 3.8) is 0 Å². The van der Waals surface area contributed by atoms with Gasteiger partial charge in [-0.25, -0.2) is 0 Å². The van der Waals surface area contributed by atoms with E-state index in [2.05, 4.69) is 5.32 Å². The Morgan fingerprint density at radius 1 is 0.837 bits per heavy atom. The van der Waals surface area contributed by atoms with E-state index in [0.29, 0.717) is 43.9 Å². The summed E-state index contributed by atoms with van der Waals surface area (Å²) < 4.78 is 11.3. The van der Waals surface area contributed by atoms with E-state index in [1.165, 1.54) is 4.90 Å². The fourth-order valence-electron chi connectivity index (χ4n) is 4.64. The molecule has 0 bridgehead atoms. The molecule has 3 aromatic rings. The van der Waals surface area contributed by atoms with Crippen LogP contribution in [0.25, 0.3) is 0 Å². The minimum atomic E-state index is -1.11. The maximum atomic E-state index is 13.5. The predicted octanol–water partition coefficient (Wildman–Crippen LogP) is 2.57. The number of para-hydroxylation sites is 1. The van der Waals surface area contributed by atoms with Crippen molar-refractivity contribution in [1.82, 2.24) is 10.2 Å². The van der Waals surface area contributed by atoms with Gasteiger partial charge in [0.2, 0.25) is 11.8 Å². The van der Waals surface area contributed by atoms with Gasteiger partial charge in [0.05, 0.1) is 25.6 Å². The van der Waals surface area contributed by atoms with Crippen LogP contribution in [0.4, 0.5) is 0 Å². The molecule has 0 saturated heterocycles. The van der Waals surface area contributed by atoms with Crippen molar-refractivity contribution in [2.45, 2.75) is 44.2 Å². The smallest absolute Gasteiger partial charge is 0.238 e. The van der Waals surface area contributed by atoms with E-state index in [9.17, 15) is 14.4 Å². The molecule has 230 valence electrons. The number of benzene rings is 3. The minimum Gasteiger partial charge on any atom is -0.497 e. The van der Waals surface area contributed by atoms with E-state index < -0.39 is 18.0 Å². The number of Topliss-reactive ketones (excluding diaryl/α,β-unsaturated/α-hetero) is 1. The number of aryl methyl sites for hydroxylation is 2. The third-order valence-electron chi connectivity index (χ3n) is 7.05. The van der Waals surface area contributed by atoms with Crippen LogP contribution in [-0.4, -0.2) is 67.9 Å². The molecular formula is C33H43N5O5. The van der Waals surface area contributed by atoms with E-state index in [0.717, 1.165) is 16.9 Å². The minimum absolute atomic E-state index is 0.130. The van der Waals surface area contributed by atoms with Crippen molar-refractivity contribution in [2.75, 3.05) is 33.3 Å². The second kappa shape index (κ2) is 17.6. The Balaban J connectivity index is 1.67. The van der Waals surface area contributed by atoms with Crippen LogP contribution in [0, 0.1) is 0 Å². The summed E-state index contributed by atoms with van der Waals surface area (Å²) >= 11 is 0. The van der Waals surface area contributed by atoms with Gasteiger partial charge in [-0.3, -0.25) is 14.4 Å². The zero-order valence-electron chi connectivity index (χ0n) is 24.7. The Labute approximate surface area is 253 Å². The third-order valence-corrected chi connectivity index (χ3v) is 7.05. The number of carbonyl (C=O) groups is 3. The lowest BCUT2D eigenvalue weighted by atomic mass is 9.97. The molecule has 0 fully saturated rings. The lowest BCUT2D eigenvalue weighted by Crippen LogP contribution is -2.51. The molecule has 10 heteroatoms. The second-order valence-electron chi connectivity index (χ2n) is 10.2. The Morgan fingerprint density at radius 2 is 1.47 bits per heavy atom. The zero-order valence-corrected chi connectivity index (χ0v) is 24.7. The first kappa shape index (κ1) is 33.3. The van der Waals surface area contributed by atoms with Gasteiger partial charge in [-0.1, -0.05) is 48.5 Å². The molecule has 0 unspecified atom stereocenters. The monoisotopic (exact) mass is 589 g/mol. The van der Waals surface area contributed by atoms with E-state index in [4.69, 9.17) is 26.7 Å². The predicted molar refractivity (Wildman–Crippen MR) is 167 cm³/mol. The van der Waals surface area contributed by atoms with Gasteiger partial charge in [0.25, 0.3) is 0 Å². The van der Waals surface area contributed by atoms with Crippen molar-refractivity contribution in [1.29, 1.82) is 0 Å². The van der Waals surface area contributed by atoms with Crippen molar-refractivity contribution < 1.29 is 23.9 Å². The van der Waals surface area contributed by atoms with Gasteiger partial charge in [-0.05, 0) is 60.7 Å². The molecule has 0 heterocycles. The van der Waals surface area contributed by atoms with Crippen LogP contribution in [0.3, 0.4) is 0 Å². The van der Waals surface area contributed by atoms with Crippen LogP contribution in [0.5, 0.6) is 17.2 Å². The summed E-state index contributed by atoms with van der Waals surface area (Å²) in [6.45, 7) is 1.20. The van der Waals surface area contributed by atoms with Crippen LogP contribution in [0.2, 0.25) is 0 Å². The van der Waals surface area contributed by atoms with Gasteiger partial charge >= 0.3 is 0 Å². The van der Waals surface area contributed by atoms with Crippen molar-refractivity contribution >= 4 is 17.6 Å². The first-order chi connectivity index (χ1) is 20.8. The molecule has 0 aliphatic rings. The van der Waals surface area contributed by atoms with Gasteiger partial charge in [0, 0.05) is 32.6 Å². The highest BCUT2D eigenvalue weighted by atomic mass is 16.5. The van der Waals surface area contributed by atoms with E-state index in [1.54, 1.807) is 7.11 Å². The van der Waals surface area contributed by atoms with Crippen LogP contribution in [0.15, 0.2) is 78.9 Å². The van der Waals surface area contributed by atoms with Crippen molar-refractivity contribution in [2.24, 2.45) is 17.2 Å². The lowest BCUT2D eigenvalue weighted by Gasteiger charge is -2.24. The molecule has 0 radical (unpaired) electrons. The molecule has 2 amide bonds. The van der Waals surface area contributed by atoms with Crippen LogP contribution < -0.4 is 32.0 Å². The summed E-state index contributed by atoms with van der Waals surface area (Å²) in [6, 6.07) is 22.6. The number of rotatable bonds is 18. The molecule has 0 saturated carbocycles. The number of amides is 2.